The van der Waals surface area contributed by atoms with Crippen LogP contribution >= 0.6 is 0 Å². The van der Waals surface area contributed by atoms with Gasteiger partial charge in [-0.15, -0.1) is 0 Å². The number of nitrogen functional groups attached to an aromatic ring is 1. The molecule has 15 heavy (non-hydrogen) atoms. The van der Waals surface area contributed by atoms with E-state index in [0.29, 0.717) is 17.4 Å². The van der Waals surface area contributed by atoms with Crippen LogP contribution in [0, 0.1) is 11.3 Å². The first-order chi connectivity index (χ1) is 6.97. The SMILES string of the molecule is CC(C)c1cc(C#N)cc(C(C)C)c1N. The lowest BCUT2D eigenvalue weighted by atomic mass is 9.91. The van der Waals surface area contributed by atoms with Gasteiger partial charge in [0.1, 0.15) is 0 Å². The van der Waals surface area contributed by atoms with E-state index in [4.69, 9.17) is 11.0 Å². The number of hydrogen-bond donors (Lipinski definition) is 1. The van der Waals surface area contributed by atoms with Gasteiger partial charge in [-0.2, -0.15) is 5.26 Å². The van der Waals surface area contributed by atoms with Gasteiger partial charge in [0.25, 0.3) is 0 Å². The van der Waals surface area contributed by atoms with Crippen LogP contribution < -0.4 is 5.73 Å². The molecule has 0 aromatic heterocycles. The van der Waals surface area contributed by atoms with Gasteiger partial charge in [0, 0.05) is 5.69 Å². The van der Waals surface area contributed by atoms with E-state index >= 15 is 0 Å². The number of benzene rings is 1. The van der Waals surface area contributed by atoms with E-state index in [0.717, 1.165) is 16.8 Å². The molecule has 0 fully saturated rings. The highest BCUT2D eigenvalue weighted by molar-refractivity contribution is 5.59. The normalized spacial score (nSPS) is 10.7. The molecular weight excluding hydrogens is 184 g/mol. The number of nitrogens with two attached hydrogens (primary N) is 1. The molecule has 0 aliphatic carbocycles. The van der Waals surface area contributed by atoms with Crippen LogP contribution in [0.25, 0.3) is 0 Å². The predicted molar refractivity (Wildman–Crippen MR) is 63.7 cm³/mol. The third-order valence-corrected chi connectivity index (χ3v) is 2.62. The average Bonchev–Trinajstić information content (AvgIpc) is 2.17. The molecule has 0 saturated heterocycles. The third kappa shape index (κ3) is 2.30. The summed E-state index contributed by atoms with van der Waals surface area (Å²) in [6.45, 7) is 8.38. The van der Waals surface area contributed by atoms with Crippen molar-refractivity contribution in [3.63, 3.8) is 0 Å². The molecule has 0 aliphatic heterocycles. The van der Waals surface area contributed by atoms with E-state index in [1.807, 2.05) is 12.1 Å². The highest BCUT2D eigenvalue weighted by Crippen LogP contribution is 2.31. The van der Waals surface area contributed by atoms with Crippen LogP contribution in [0.15, 0.2) is 12.1 Å². The molecule has 80 valence electrons. The molecule has 0 radical (unpaired) electrons. The molecule has 0 aliphatic rings. The Morgan fingerprint density at radius 3 is 1.73 bits per heavy atom. The highest BCUT2D eigenvalue weighted by Gasteiger charge is 2.12. The van der Waals surface area contributed by atoms with Gasteiger partial charge in [0.15, 0.2) is 0 Å². The Balaban J connectivity index is 3.42. The van der Waals surface area contributed by atoms with Crippen LogP contribution in [-0.4, -0.2) is 0 Å². The molecule has 2 heteroatoms. The lowest BCUT2D eigenvalue weighted by Gasteiger charge is -2.16. The van der Waals surface area contributed by atoms with Gasteiger partial charge in [-0.25, -0.2) is 0 Å². The molecule has 1 aromatic rings. The molecule has 1 rings (SSSR count). The first-order valence-corrected chi connectivity index (χ1v) is 5.30. The second-order valence-corrected chi connectivity index (χ2v) is 4.49. The molecular formula is C13H18N2. The molecule has 0 amide bonds. The third-order valence-electron chi connectivity index (χ3n) is 2.62. The molecule has 0 atom stereocenters. The van der Waals surface area contributed by atoms with Crippen molar-refractivity contribution in [2.24, 2.45) is 0 Å². The fourth-order valence-corrected chi connectivity index (χ4v) is 1.72. The van der Waals surface area contributed by atoms with Gasteiger partial charge in [-0.3, -0.25) is 0 Å². The zero-order chi connectivity index (χ0) is 11.6. The maximum atomic E-state index is 8.95. The first-order valence-electron chi connectivity index (χ1n) is 5.30. The number of anilines is 1. The summed E-state index contributed by atoms with van der Waals surface area (Å²) in [5.41, 5.74) is 9.81. The smallest absolute Gasteiger partial charge is 0.0991 e. The molecule has 2 nitrogen and oxygen atoms in total. The van der Waals surface area contributed by atoms with Crippen LogP contribution in [0.5, 0.6) is 0 Å². The summed E-state index contributed by atoms with van der Waals surface area (Å²) < 4.78 is 0. The van der Waals surface area contributed by atoms with E-state index in [1.165, 1.54) is 0 Å². The Bertz CT molecular complexity index is 368. The predicted octanol–water partition coefficient (Wildman–Crippen LogP) is 3.39. The van der Waals surface area contributed by atoms with Crippen molar-refractivity contribution in [3.8, 4) is 6.07 Å². The second-order valence-electron chi connectivity index (χ2n) is 4.49. The summed E-state index contributed by atoms with van der Waals surface area (Å²) in [6, 6.07) is 5.98. The number of hydrogen-bond acceptors (Lipinski definition) is 2. The Morgan fingerprint density at radius 1 is 1.07 bits per heavy atom. The standard InChI is InChI=1S/C13H18N2/c1-8(2)11-5-10(7-14)6-12(9(3)4)13(11)15/h5-6,8-9H,15H2,1-4H3. The average molecular weight is 202 g/mol. The van der Waals surface area contributed by atoms with Crippen molar-refractivity contribution in [2.75, 3.05) is 5.73 Å². The number of nitriles is 1. The Hall–Kier alpha value is -1.49. The minimum absolute atomic E-state index is 0.357. The van der Waals surface area contributed by atoms with Crippen LogP contribution in [0.3, 0.4) is 0 Å². The van der Waals surface area contributed by atoms with E-state index < -0.39 is 0 Å². The zero-order valence-corrected chi connectivity index (χ0v) is 9.83. The molecule has 0 spiro atoms. The van der Waals surface area contributed by atoms with Crippen molar-refractivity contribution >= 4 is 5.69 Å². The molecule has 2 N–H and O–H groups in total. The van der Waals surface area contributed by atoms with E-state index in [9.17, 15) is 0 Å². The second kappa shape index (κ2) is 4.35. The van der Waals surface area contributed by atoms with Crippen molar-refractivity contribution < 1.29 is 0 Å². The lowest BCUT2D eigenvalue weighted by molar-refractivity contribution is 0.838. The van der Waals surface area contributed by atoms with Crippen LogP contribution in [0.4, 0.5) is 5.69 Å². The van der Waals surface area contributed by atoms with Gasteiger partial charge in [-0.1, -0.05) is 27.7 Å². The highest BCUT2D eigenvalue weighted by atomic mass is 14.6. The summed E-state index contributed by atoms with van der Waals surface area (Å²) >= 11 is 0. The topological polar surface area (TPSA) is 49.8 Å². The minimum atomic E-state index is 0.357. The summed E-state index contributed by atoms with van der Waals surface area (Å²) in [4.78, 5) is 0. The fraction of sp³-hybridized carbons (Fsp3) is 0.462. The van der Waals surface area contributed by atoms with Crippen LogP contribution in [0.1, 0.15) is 56.2 Å². The van der Waals surface area contributed by atoms with Gasteiger partial charge in [0.2, 0.25) is 0 Å². The Kier molecular flexibility index (Phi) is 3.36. The van der Waals surface area contributed by atoms with Crippen molar-refractivity contribution in [3.05, 3.63) is 28.8 Å². The monoisotopic (exact) mass is 202 g/mol. The largest absolute Gasteiger partial charge is 0.398 e. The number of rotatable bonds is 2. The molecule has 0 bridgehead atoms. The van der Waals surface area contributed by atoms with Gasteiger partial charge in [0.05, 0.1) is 11.6 Å². The van der Waals surface area contributed by atoms with Crippen LogP contribution in [-0.2, 0) is 0 Å². The van der Waals surface area contributed by atoms with Gasteiger partial charge < -0.3 is 5.73 Å². The summed E-state index contributed by atoms with van der Waals surface area (Å²) in [5, 5.41) is 8.95. The van der Waals surface area contributed by atoms with Crippen molar-refractivity contribution in [1.82, 2.24) is 0 Å². The molecule has 1 aromatic carbocycles. The molecule has 0 unspecified atom stereocenters. The molecule has 0 heterocycles. The van der Waals surface area contributed by atoms with Crippen molar-refractivity contribution in [2.45, 2.75) is 39.5 Å². The summed E-state index contributed by atoms with van der Waals surface area (Å²) in [7, 11) is 0. The molecule has 0 saturated carbocycles. The summed E-state index contributed by atoms with van der Waals surface area (Å²) in [5.74, 6) is 0.714. The minimum Gasteiger partial charge on any atom is -0.398 e. The quantitative estimate of drug-likeness (QED) is 0.747. The lowest BCUT2D eigenvalue weighted by Crippen LogP contribution is -2.04. The van der Waals surface area contributed by atoms with Crippen molar-refractivity contribution in [1.29, 1.82) is 5.26 Å². The fourth-order valence-electron chi connectivity index (χ4n) is 1.72. The van der Waals surface area contributed by atoms with E-state index in [1.54, 1.807) is 0 Å². The van der Waals surface area contributed by atoms with Gasteiger partial charge >= 0.3 is 0 Å². The van der Waals surface area contributed by atoms with E-state index in [2.05, 4.69) is 33.8 Å². The number of nitrogens with zero attached hydrogens (tertiary/aromatic N) is 1. The zero-order valence-electron chi connectivity index (χ0n) is 9.83. The first kappa shape index (κ1) is 11.6. The summed E-state index contributed by atoms with van der Waals surface area (Å²) in [6.07, 6.45) is 0. The Labute approximate surface area is 91.7 Å². The van der Waals surface area contributed by atoms with E-state index in [-0.39, 0.29) is 0 Å². The van der Waals surface area contributed by atoms with Crippen LogP contribution in [0.2, 0.25) is 0 Å². The maximum Gasteiger partial charge on any atom is 0.0991 e. The van der Waals surface area contributed by atoms with Gasteiger partial charge in [-0.05, 0) is 35.1 Å². The Morgan fingerprint density at radius 2 is 1.47 bits per heavy atom. The maximum absolute atomic E-state index is 8.95.